The van der Waals surface area contributed by atoms with Crippen LogP contribution in [0.3, 0.4) is 0 Å². The van der Waals surface area contributed by atoms with Crippen LogP contribution in [-0.2, 0) is 12.1 Å². The van der Waals surface area contributed by atoms with Crippen molar-refractivity contribution in [3.8, 4) is 0 Å². The van der Waals surface area contributed by atoms with Gasteiger partial charge in [0.25, 0.3) is 0 Å². The molecule has 154 valence electrons. The second-order valence-corrected chi connectivity index (χ2v) is 8.90. The lowest BCUT2D eigenvalue weighted by Crippen LogP contribution is -2.47. The molecule has 0 atom stereocenters. The van der Waals surface area contributed by atoms with E-state index in [-0.39, 0.29) is 6.03 Å². The third-order valence-electron chi connectivity index (χ3n) is 5.20. The predicted molar refractivity (Wildman–Crippen MR) is 115 cm³/mol. The number of rotatable bonds is 5. The van der Waals surface area contributed by atoms with E-state index in [0.29, 0.717) is 24.7 Å². The number of aryl methyl sites for hydroxylation is 1. The minimum absolute atomic E-state index is 0.0778. The van der Waals surface area contributed by atoms with E-state index in [1.165, 1.54) is 0 Å². The molecule has 2 amide bonds. The summed E-state index contributed by atoms with van der Waals surface area (Å²) in [6, 6.07) is 1.91. The third-order valence-corrected chi connectivity index (χ3v) is 6.11. The number of nitrogens with one attached hydrogen (secondary N) is 3. The number of urea groups is 1. The number of aromatic nitrogens is 4. The van der Waals surface area contributed by atoms with Gasteiger partial charge in [-0.25, -0.2) is 14.8 Å². The van der Waals surface area contributed by atoms with Gasteiger partial charge in [0, 0.05) is 18.7 Å². The van der Waals surface area contributed by atoms with E-state index in [9.17, 15) is 4.79 Å². The second-order valence-electron chi connectivity index (χ2n) is 7.99. The summed E-state index contributed by atoms with van der Waals surface area (Å²) in [4.78, 5) is 25.7. The van der Waals surface area contributed by atoms with Crippen LogP contribution in [0.5, 0.6) is 0 Å². The SMILES string of the molecule is Cc1nc(Nc2n[nH]c3c2CN(C(=O)NCCN(C)C)C3(C)C)c2sccc2n1. The molecule has 0 unspecified atom stereocenters. The summed E-state index contributed by atoms with van der Waals surface area (Å²) >= 11 is 1.59. The van der Waals surface area contributed by atoms with Gasteiger partial charge in [0.2, 0.25) is 0 Å². The molecule has 0 fully saturated rings. The zero-order chi connectivity index (χ0) is 20.8. The first kappa shape index (κ1) is 19.6. The summed E-state index contributed by atoms with van der Waals surface area (Å²) in [5.41, 5.74) is 2.36. The lowest BCUT2D eigenvalue weighted by atomic mass is 10.0. The van der Waals surface area contributed by atoms with Gasteiger partial charge >= 0.3 is 6.03 Å². The number of thiophene rings is 1. The number of likely N-dealkylation sites (N-methyl/N-ethyl adjacent to an activating group) is 1. The van der Waals surface area contributed by atoms with E-state index >= 15 is 0 Å². The van der Waals surface area contributed by atoms with Crippen molar-refractivity contribution in [2.24, 2.45) is 0 Å². The van der Waals surface area contributed by atoms with Gasteiger partial charge in [0.15, 0.2) is 11.6 Å². The van der Waals surface area contributed by atoms with Crippen LogP contribution in [0.2, 0.25) is 0 Å². The topological polar surface area (TPSA) is 102 Å². The Morgan fingerprint density at radius 1 is 1.34 bits per heavy atom. The highest BCUT2D eigenvalue weighted by molar-refractivity contribution is 7.17. The van der Waals surface area contributed by atoms with Gasteiger partial charge in [0.1, 0.15) is 5.82 Å². The van der Waals surface area contributed by atoms with Crippen LogP contribution in [-0.4, -0.2) is 63.2 Å². The van der Waals surface area contributed by atoms with Gasteiger partial charge in [-0.3, -0.25) is 5.10 Å². The fourth-order valence-electron chi connectivity index (χ4n) is 3.60. The Labute approximate surface area is 173 Å². The lowest BCUT2D eigenvalue weighted by Gasteiger charge is -2.32. The Morgan fingerprint density at radius 2 is 2.14 bits per heavy atom. The number of hydrogen-bond acceptors (Lipinski definition) is 7. The highest BCUT2D eigenvalue weighted by Gasteiger charge is 2.43. The number of anilines is 2. The van der Waals surface area contributed by atoms with Crippen molar-refractivity contribution in [1.82, 2.24) is 35.3 Å². The first-order valence-corrected chi connectivity index (χ1v) is 10.4. The van der Waals surface area contributed by atoms with Crippen molar-refractivity contribution >= 4 is 39.2 Å². The highest BCUT2D eigenvalue weighted by Crippen LogP contribution is 2.41. The molecule has 4 rings (SSSR count). The molecule has 3 aromatic rings. The largest absolute Gasteiger partial charge is 0.337 e. The zero-order valence-electron chi connectivity index (χ0n) is 17.3. The Kier molecular flexibility index (Phi) is 4.91. The van der Waals surface area contributed by atoms with E-state index in [0.717, 1.165) is 33.8 Å². The van der Waals surface area contributed by atoms with Gasteiger partial charge < -0.3 is 20.4 Å². The minimum Gasteiger partial charge on any atom is -0.337 e. The molecule has 0 saturated heterocycles. The summed E-state index contributed by atoms with van der Waals surface area (Å²) in [7, 11) is 3.97. The van der Waals surface area contributed by atoms with E-state index in [1.807, 2.05) is 56.1 Å². The number of fused-ring (bicyclic) bond motifs is 2. The van der Waals surface area contributed by atoms with Crippen LogP contribution in [0.15, 0.2) is 11.4 Å². The molecule has 0 spiro atoms. The Balaban J connectivity index is 1.58. The smallest absolute Gasteiger partial charge is 0.318 e. The molecule has 4 heterocycles. The maximum Gasteiger partial charge on any atom is 0.318 e. The standard InChI is InChI=1S/C19H26N8OS/c1-11-21-13-6-9-29-14(13)17(22-11)23-16-12-10-27(18(28)20-7-8-26(4)5)19(2,3)15(12)24-25-16/h6,9H,7-8,10H2,1-5H3,(H,20,28)(H2,21,22,23,24,25). The monoisotopic (exact) mass is 414 g/mol. The Morgan fingerprint density at radius 3 is 2.90 bits per heavy atom. The van der Waals surface area contributed by atoms with Gasteiger partial charge in [-0.1, -0.05) is 0 Å². The number of H-pyrrole nitrogens is 1. The molecule has 0 saturated carbocycles. The number of amides is 2. The van der Waals surface area contributed by atoms with Crippen LogP contribution < -0.4 is 10.6 Å². The number of carbonyl (C=O) groups is 1. The van der Waals surface area contributed by atoms with Crippen molar-refractivity contribution in [3.63, 3.8) is 0 Å². The molecule has 0 aromatic carbocycles. The van der Waals surface area contributed by atoms with Crippen molar-refractivity contribution in [3.05, 3.63) is 28.5 Å². The molecule has 3 aromatic heterocycles. The van der Waals surface area contributed by atoms with Crippen LogP contribution in [0.4, 0.5) is 16.4 Å². The Bertz CT molecular complexity index is 1050. The maximum absolute atomic E-state index is 12.8. The second kappa shape index (κ2) is 7.27. The number of nitrogens with zero attached hydrogens (tertiary/aromatic N) is 5. The quantitative estimate of drug-likeness (QED) is 0.593. The summed E-state index contributed by atoms with van der Waals surface area (Å²) in [6.45, 7) is 7.81. The summed E-state index contributed by atoms with van der Waals surface area (Å²) in [5, 5.41) is 16.0. The average Bonchev–Trinajstić information content (AvgIpc) is 3.31. The molecule has 9 nitrogen and oxygen atoms in total. The first-order valence-electron chi connectivity index (χ1n) is 9.54. The molecule has 0 aliphatic carbocycles. The number of carbonyl (C=O) groups excluding carboxylic acids is 1. The number of aromatic amines is 1. The molecule has 1 aliphatic rings. The van der Waals surface area contributed by atoms with Gasteiger partial charge in [-0.05, 0) is 46.3 Å². The molecule has 29 heavy (non-hydrogen) atoms. The molecule has 10 heteroatoms. The average molecular weight is 415 g/mol. The molecular weight excluding hydrogens is 388 g/mol. The minimum atomic E-state index is -0.482. The molecule has 0 radical (unpaired) electrons. The summed E-state index contributed by atoms with van der Waals surface area (Å²) in [6.07, 6.45) is 0. The molecule has 1 aliphatic heterocycles. The summed E-state index contributed by atoms with van der Waals surface area (Å²) < 4.78 is 0.989. The first-order chi connectivity index (χ1) is 13.8. The van der Waals surface area contributed by atoms with Gasteiger partial charge in [0.05, 0.1) is 28.0 Å². The molecule has 0 bridgehead atoms. The number of hydrogen-bond donors (Lipinski definition) is 3. The predicted octanol–water partition coefficient (Wildman–Crippen LogP) is 2.79. The van der Waals surface area contributed by atoms with E-state index < -0.39 is 5.54 Å². The van der Waals surface area contributed by atoms with Crippen LogP contribution in [0, 0.1) is 6.92 Å². The van der Waals surface area contributed by atoms with E-state index in [4.69, 9.17) is 0 Å². The lowest BCUT2D eigenvalue weighted by molar-refractivity contribution is 0.142. The van der Waals surface area contributed by atoms with Crippen LogP contribution in [0.1, 0.15) is 30.9 Å². The zero-order valence-corrected chi connectivity index (χ0v) is 18.1. The molecular formula is C19H26N8OS. The fourth-order valence-corrected chi connectivity index (χ4v) is 4.38. The van der Waals surface area contributed by atoms with Crippen LogP contribution >= 0.6 is 11.3 Å². The fraction of sp³-hybridized carbons (Fsp3) is 0.474. The van der Waals surface area contributed by atoms with Gasteiger partial charge in [-0.15, -0.1) is 11.3 Å². The maximum atomic E-state index is 12.8. The van der Waals surface area contributed by atoms with Gasteiger partial charge in [-0.2, -0.15) is 5.10 Å². The van der Waals surface area contributed by atoms with Crippen molar-refractivity contribution in [2.75, 3.05) is 32.5 Å². The molecule has 3 N–H and O–H groups in total. The van der Waals surface area contributed by atoms with Crippen molar-refractivity contribution in [2.45, 2.75) is 32.9 Å². The van der Waals surface area contributed by atoms with Crippen molar-refractivity contribution < 1.29 is 4.79 Å². The Hall–Kier alpha value is -2.72. The third kappa shape index (κ3) is 3.53. The van der Waals surface area contributed by atoms with Crippen LogP contribution in [0.25, 0.3) is 10.2 Å². The van der Waals surface area contributed by atoms with Crippen molar-refractivity contribution in [1.29, 1.82) is 0 Å². The van der Waals surface area contributed by atoms with E-state index in [1.54, 1.807) is 11.3 Å². The normalized spacial score (nSPS) is 15.2. The van der Waals surface area contributed by atoms with E-state index in [2.05, 4.69) is 30.8 Å². The summed E-state index contributed by atoms with van der Waals surface area (Å²) in [5.74, 6) is 2.14. The highest BCUT2D eigenvalue weighted by atomic mass is 32.1.